The first-order valence-electron chi connectivity index (χ1n) is 8.82. The fraction of sp³-hybridized carbons (Fsp3) is 0.200. The Labute approximate surface area is 170 Å². The Hall–Kier alpha value is -3.14. The number of carboxylic acids is 1. The van der Waals surface area contributed by atoms with Crippen molar-refractivity contribution in [3.05, 3.63) is 77.1 Å². The standard InChI is InChI=1S/C20H17F3N2O4S/c1-2-13-4-5-14(19(26)27)11-18(13)30(28,29)12-15-10-16(20(21,22)23)6-7-17(15)25-9-3-8-24-25/h3-11H,2,12H2,1H3,(H,26,27). The van der Waals surface area contributed by atoms with Gasteiger partial charge in [-0.1, -0.05) is 13.0 Å². The maximum absolute atomic E-state index is 13.2. The molecule has 0 fully saturated rings. The van der Waals surface area contributed by atoms with E-state index in [0.717, 1.165) is 24.3 Å². The zero-order valence-electron chi connectivity index (χ0n) is 15.7. The summed E-state index contributed by atoms with van der Waals surface area (Å²) in [7, 11) is -4.16. The number of halogens is 3. The minimum absolute atomic E-state index is 0.101. The summed E-state index contributed by atoms with van der Waals surface area (Å²) in [6.07, 6.45) is -1.44. The molecule has 3 rings (SSSR count). The van der Waals surface area contributed by atoms with Gasteiger partial charge < -0.3 is 5.11 Å². The highest BCUT2D eigenvalue weighted by Crippen LogP contribution is 2.33. The number of aromatic nitrogens is 2. The average molecular weight is 438 g/mol. The van der Waals surface area contributed by atoms with Crippen molar-refractivity contribution in [1.29, 1.82) is 0 Å². The fourth-order valence-electron chi connectivity index (χ4n) is 3.06. The first-order valence-corrected chi connectivity index (χ1v) is 10.5. The molecule has 158 valence electrons. The summed E-state index contributed by atoms with van der Waals surface area (Å²) in [5.74, 6) is -2.05. The summed E-state index contributed by atoms with van der Waals surface area (Å²) in [6.45, 7) is 1.70. The van der Waals surface area contributed by atoms with Crippen molar-refractivity contribution in [1.82, 2.24) is 9.78 Å². The molecule has 1 N–H and O–H groups in total. The molecule has 0 saturated heterocycles. The van der Waals surface area contributed by atoms with Crippen molar-refractivity contribution in [2.45, 2.75) is 30.2 Å². The lowest BCUT2D eigenvalue weighted by Gasteiger charge is -2.15. The molecule has 0 saturated carbocycles. The van der Waals surface area contributed by atoms with Gasteiger partial charge in [-0.2, -0.15) is 18.3 Å². The topological polar surface area (TPSA) is 89.3 Å². The number of hydrogen-bond acceptors (Lipinski definition) is 4. The van der Waals surface area contributed by atoms with E-state index in [1.54, 1.807) is 13.0 Å². The molecule has 0 aliphatic rings. The molecule has 3 aromatic rings. The van der Waals surface area contributed by atoms with Gasteiger partial charge in [0.05, 0.1) is 27.5 Å². The van der Waals surface area contributed by atoms with Crippen LogP contribution in [0.4, 0.5) is 13.2 Å². The van der Waals surface area contributed by atoms with Gasteiger partial charge in [-0.25, -0.2) is 17.9 Å². The van der Waals surface area contributed by atoms with Gasteiger partial charge in [0.2, 0.25) is 0 Å². The highest BCUT2D eigenvalue weighted by atomic mass is 32.2. The van der Waals surface area contributed by atoms with Gasteiger partial charge in [-0.15, -0.1) is 0 Å². The summed E-state index contributed by atoms with van der Waals surface area (Å²) >= 11 is 0. The molecule has 1 heterocycles. The van der Waals surface area contributed by atoms with E-state index < -0.39 is 33.3 Å². The van der Waals surface area contributed by atoms with Crippen LogP contribution in [0.1, 0.15) is 34.0 Å². The van der Waals surface area contributed by atoms with E-state index in [-0.39, 0.29) is 21.7 Å². The third kappa shape index (κ3) is 4.38. The van der Waals surface area contributed by atoms with Crippen LogP contribution in [0, 0.1) is 0 Å². The third-order valence-electron chi connectivity index (χ3n) is 4.53. The largest absolute Gasteiger partial charge is 0.478 e. The molecule has 6 nitrogen and oxygen atoms in total. The average Bonchev–Trinajstić information content (AvgIpc) is 3.20. The van der Waals surface area contributed by atoms with Crippen molar-refractivity contribution < 1.29 is 31.5 Å². The second kappa shape index (κ2) is 7.94. The van der Waals surface area contributed by atoms with Gasteiger partial charge in [0.15, 0.2) is 9.84 Å². The monoisotopic (exact) mass is 438 g/mol. The summed E-state index contributed by atoms with van der Waals surface area (Å²) in [5.41, 5.74) is -0.742. The normalized spacial score (nSPS) is 12.1. The van der Waals surface area contributed by atoms with E-state index in [9.17, 15) is 31.5 Å². The minimum Gasteiger partial charge on any atom is -0.478 e. The summed E-state index contributed by atoms with van der Waals surface area (Å²) in [5, 5.41) is 13.2. The highest BCUT2D eigenvalue weighted by molar-refractivity contribution is 7.90. The van der Waals surface area contributed by atoms with Gasteiger partial charge >= 0.3 is 12.1 Å². The van der Waals surface area contributed by atoms with E-state index in [4.69, 9.17) is 0 Å². The lowest BCUT2D eigenvalue weighted by molar-refractivity contribution is -0.137. The molecular weight excluding hydrogens is 421 g/mol. The number of carboxylic acid groups (broad SMARTS) is 1. The fourth-order valence-corrected chi connectivity index (χ4v) is 4.78. The zero-order chi connectivity index (χ0) is 22.1. The number of alkyl halides is 3. The number of hydrogen-bond donors (Lipinski definition) is 1. The summed E-state index contributed by atoms with van der Waals surface area (Å²) in [6, 6.07) is 8.08. The van der Waals surface area contributed by atoms with Gasteiger partial charge in [-0.3, -0.25) is 0 Å². The van der Waals surface area contributed by atoms with Crippen molar-refractivity contribution >= 4 is 15.8 Å². The molecule has 0 atom stereocenters. The quantitative estimate of drug-likeness (QED) is 0.625. The predicted octanol–water partition coefficient (Wildman–Crippen LogP) is 4.13. The maximum atomic E-state index is 13.2. The molecule has 0 bridgehead atoms. The number of sulfone groups is 1. The second-order valence-corrected chi connectivity index (χ2v) is 8.49. The first kappa shape index (κ1) is 21.6. The van der Waals surface area contributed by atoms with Crippen molar-refractivity contribution in [3.8, 4) is 5.69 Å². The van der Waals surface area contributed by atoms with Crippen molar-refractivity contribution in [2.24, 2.45) is 0 Å². The van der Waals surface area contributed by atoms with Gasteiger partial charge in [-0.05, 0) is 53.9 Å². The van der Waals surface area contributed by atoms with E-state index in [1.165, 1.54) is 29.2 Å². The molecule has 0 unspecified atom stereocenters. The van der Waals surface area contributed by atoms with Gasteiger partial charge in [0.1, 0.15) is 0 Å². The summed E-state index contributed by atoms with van der Waals surface area (Å²) in [4.78, 5) is 11.1. The number of aryl methyl sites for hydroxylation is 1. The Morgan fingerprint density at radius 2 is 1.87 bits per heavy atom. The SMILES string of the molecule is CCc1ccc(C(=O)O)cc1S(=O)(=O)Cc1cc(C(F)(F)F)ccc1-n1cccn1. The summed E-state index contributed by atoms with van der Waals surface area (Å²) < 4.78 is 67.2. The Morgan fingerprint density at radius 1 is 1.13 bits per heavy atom. The molecule has 2 aromatic carbocycles. The molecule has 10 heteroatoms. The number of carbonyl (C=O) groups is 1. The molecule has 0 radical (unpaired) electrons. The van der Waals surface area contributed by atoms with Crippen LogP contribution in [0.5, 0.6) is 0 Å². The molecule has 1 aromatic heterocycles. The van der Waals surface area contributed by atoms with Crippen LogP contribution in [0.15, 0.2) is 59.8 Å². The number of benzene rings is 2. The van der Waals surface area contributed by atoms with E-state index in [0.29, 0.717) is 12.0 Å². The number of rotatable bonds is 6. The molecule has 0 spiro atoms. The van der Waals surface area contributed by atoms with E-state index in [1.807, 2.05) is 0 Å². The molecule has 0 aliphatic carbocycles. The van der Waals surface area contributed by atoms with Crippen molar-refractivity contribution in [3.63, 3.8) is 0 Å². The lowest BCUT2D eigenvalue weighted by atomic mass is 10.1. The highest BCUT2D eigenvalue weighted by Gasteiger charge is 2.32. The van der Waals surface area contributed by atoms with Crippen LogP contribution in [0.3, 0.4) is 0 Å². The maximum Gasteiger partial charge on any atom is 0.416 e. The molecule has 30 heavy (non-hydrogen) atoms. The molecule has 0 aliphatic heterocycles. The van der Waals surface area contributed by atoms with E-state index in [2.05, 4.69) is 5.10 Å². The van der Waals surface area contributed by atoms with Crippen LogP contribution in [-0.2, 0) is 28.2 Å². The molecule has 0 amide bonds. The first-order chi connectivity index (χ1) is 14.0. The smallest absolute Gasteiger partial charge is 0.416 e. The van der Waals surface area contributed by atoms with E-state index >= 15 is 0 Å². The molecular formula is C20H17F3N2O4S. The zero-order valence-corrected chi connectivity index (χ0v) is 16.5. The number of nitrogens with zero attached hydrogens (tertiary/aromatic N) is 2. The predicted molar refractivity (Wildman–Crippen MR) is 102 cm³/mol. The Kier molecular flexibility index (Phi) is 5.71. The van der Waals surface area contributed by atoms with Crippen LogP contribution >= 0.6 is 0 Å². The lowest BCUT2D eigenvalue weighted by Crippen LogP contribution is -2.14. The van der Waals surface area contributed by atoms with Crippen molar-refractivity contribution in [2.75, 3.05) is 0 Å². The van der Waals surface area contributed by atoms with Gasteiger partial charge in [0, 0.05) is 12.4 Å². The van der Waals surface area contributed by atoms with Crippen LogP contribution < -0.4 is 0 Å². The third-order valence-corrected chi connectivity index (χ3v) is 6.27. The Morgan fingerprint density at radius 3 is 2.43 bits per heavy atom. The second-order valence-electron chi connectivity index (χ2n) is 6.53. The number of aromatic carboxylic acids is 1. The van der Waals surface area contributed by atoms with Crippen LogP contribution in [-0.4, -0.2) is 29.3 Å². The van der Waals surface area contributed by atoms with Gasteiger partial charge in [0.25, 0.3) is 0 Å². The Bertz CT molecular complexity index is 1190. The van der Waals surface area contributed by atoms with Crippen LogP contribution in [0.2, 0.25) is 0 Å². The Balaban J connectivity index is 2.15. The van der Waals surface area contributed by atoms with Crippen LogP contribution in [0.25, 0.3) is 5.69 Å². The minimum atomic E-state index is -4.65.